The summed E-state index contributed by atoms with van der Waals surface area (Å²) in [5.74, 6) is 4.59. The number of fused-ring (bicyclic) bond motifs is 5. The van der Waals surface area contributed by atoms with Gasteiger partial charge in [0.05, 0.1) is 6.10 Å². The van der Waals surface area contributed by atoms with Crippen LogP contribution in [0.5, 0.6) is 0 Å². The van der Waals surface area contributed by atoms with Crippen LogP contribution in [0.2, 0.25) is 0 Å². The van der Waals surface area contributed by atoms with Crippen molar-refractivity contribution in [3.8, 4) is 0 Å². The molecule has 0 saturated heterocycles. The number of carbonyl (C=O) groups is 1. The highest BCUT2D eigenvalue weighted by Crippen LogP contribution is 2.68. The van der Waals surface area contributed by atoms with Gasteiger partial charge in [-0.15, -0.1) is 0 Å². The van der Waals surface area contributed by atoms with Crippen molar-refractivity contribution in [3.05, 3.63) is 0 Å². The maximum Gasteiger partial charge on any atom is 0.267 e. The predicted molar refractivity (Wildman–Crippen MR) is 160 cm³/mol. The quantitative estimate of drug-likeness (QED) is 0.195. The second kappa shape index (κ2) is 13.3. The zero-order chi connectivity index (χ0) is 29.1. The molecule has 1 amide bonds. The highest BCUT2D eigenvalue weighted by molar-refractivity contribution is 7.85. The molecule has 232 valence electrons. The Morgan fingerprint density at radius 2 is 1.75 bits per heavy atom. The van der Waals surface area contributed by atoms with Crippen molar-refractivity contribution in [1.29, 1.82) is 0 Å². The van der Waals surface area contributed by atoms with Gasteiger partial charge in [-0.1, -0.05) is 33.6 Å². The molecule has 0 aromatic carbocycles. The Labute approximate surface area is 244 Å². The average Bonchev–Trinajstić information content (AvgIpc) is 3.22. The van der Waals surface area contributed by atoms with E-state index in [2.05, 4.69) is 26.1 Å². The lowest BCUT2D eigenvalue weighted by Crippen LogP contribution is -2.53. The fourth-order valence-electron chi connectivity index (χ4n) is 10.4. The third-order valence-corrected chi connectivity index (χ3v) is 13.2. The summed E-state index contributed by atoms with van der Waals surface area (Å²) >= 11 is 0. The first kappa shape index (κ1) is 32.2. The van der Waals surface area contributed by atoms with Crippen molar-refractivity contribution in [3.63, 3.8) is 0 Å². The van der Waals surface area contributed by atoms with Gasteiger partial charge < -0.3 is 15.3 Å². The largest absolute Gasteiger partial charge is 0.391 e. The Balaban J connectivity index is 1.16. The van der Waals surface area contributed by atoms with E-state index in [0.717, 1.165) is 48.9 Å². The minimum absolute atomic E-state index is 0.149. The van der Waals surface area contributed by atoms with E-state index in [1.807, 2.05) is 11.9 Å². The van der Waals surface area contributed by atoms with Crippen molar-refractivity contribution < 1.29 is 22.9 Å². The van der Waals surface area contributed by atoms with Crippen LogP contribution >= 0.6 is 0 Å². The molecule has 0 radical (unpaired) electrons. The number of carbonyl (C=O) groups excluding carboxylic acids is 1. The van der Waals surface area contributed by atoms with Gasteiger partial charge >= 0.3 is 0 Å². The summed E-state index contributed by atoms with van der Waals surface area (Å²) in [6.07, 6.45) is 16.5. The molecule has 7 nitrogen and oxygen atoms in total. The molecule has 3 N–H and O–H groups in total. The Morgan fingerprint density at radius 1 is 1.00 bits per heavy atom. The fraction of sp³-hybridized carbons (Fsp3) is 0.969. The third-order valence-electron chi connectivity index (χ3n) is 12.4. The zero-order valence-electron chi connectivity index (χ0n) is 25.7. The summed E-state index contributed by atoms with van der Waals surface area (Å²) < 4.78 is 30.6. The second-order valence-corrected chi connectivity index (χ2v) is 16.4. The molecule has 40 heavy (non-hydrogen) atoms. The van der Waals surface area contributed by atoms with Crippen molar-refractivity contribution in [2.24, 2.45) is 46.3 Å². The van der Waals surface area contributed by atoms with Crippen molar-refractivity contribution >= 4 is 16.0 Å². The van der Waals surface area contributed by atoms with Crippen LogP contribution in [0.3, 0.4) is 0 Å². The van der Waals surface area contributed by atoms with Crippen LogP contribution < -0.4 is 5.32 Å². The van der Waals surface area contributed by atoms with Crippen LogP contribution in [0.1, 0.15) is 111 Å². The molecule has 0 aromatic rings. The molecule has 0 heterocycles. The highest BCUT2D eigenvalue weighted by atomic mass is 32.2. The van der Waals surface area contributed by atoms with Crippen LogP contribution in [0, 0.1) is 46.3 Å². The third kappa shape index (κ3) is 7.44. The molecule has 8 heteroatoms. The molecular weight excluding hydrogens is 524 g/mol. The van der Waals surface area contributed by atoms with Crippen molar-refractivity contribution in [2.75, 3.05) is 32.4 Å². The summed E-state index contributed by atoms with van der Waals surface area (Å²) in [6, 6.07) is 0. The van der Waals surface area contributed by atoms with Gasteiger partial charge in [-0.25, -0.2) is 0 Å². The molecule has 0 bridgehead atoms. The lowest BCUT2D eigenvalue weighted by atomic mass is 9.44. The number of nitrogens with one attached hydrogen (secondary N) is 1. The SMILES string of the molecule is C[C@H](CCC(=O)NCCCCN(C)CC(O)CS(=O)(=O)O)[C@H]1CC[C@H]2[C@@H]3CCC4CCCC[C@]4(C)[C@H]3CC[C@]12C. The maximum absolute atomic E-state index is 12.6. The van der Waals surface area contributed by atoms with E-state index in [4.69, 9.17) is 4.55 Å². The fourth-order valence-corrected chi connectivity index (χ4v) is 11.0. The van der Waals surface area contributed by atoms with E-state index in [-0.39, 0.29) is 12.5 Å². The number of unbranched alkanes of at least 4 members (excludes halogenated alkanes) is 1. The number of nitrogens with zero attached hydrogens (tertiary/aromatic N) is 1. The van der Waals surface area contributed by atoms with E-state index >= 15 is 0 Å². The van der Waals surface area contributed by atoms with Crippen LogP contribution in [0.25, 0.3) is 0 Å². The lowest BCUT2D eigenvalue weighted by molar-refractivity contribution is -0.122. The molecule has 4 aliphatic carbocycles. The molecule has 0 spiro atoms. The van der Waals surface area contributed by atoms with Crippen LogP contribution in [-0.4, -0.2) is 67.4 Å². The smallest absolute Gasteiger partial charge is 0.267 e. The van der Waals surface area contributed by atoms with E-state index in [1.165, 1.54) is 64.2 Å². The Kier molecular flexibility index (Phi) is 10.7. The minimum Gasteiger partial charge on any atom is -0.391 e. The average molecular weight is 583 g/mol. The number of aliphatic hydroxyl groups is 1. The van der Waals surface area contributed by atoms with Gasteiger partial charge in [-0.05, 0) is 131 Å². The predicted octanol–water partition coefficient (Wildman–Crippen LogP) is 5.53. The highest BCUT2D eigenvalue weighted by Gasteiger charge is 2.60. The van der Waals surface area contributed by atoms with E-state index in [1.54, 1.807) is 0 Å². The number of amides is 1. The van der Waals surface area contributed by atoms with Gasteiger partial charge in [0.1, 0.15) is 5.75 Å². The topological polar surface area (TPSA) is 107 Å². The molecule has 2 unspecified atom stereocenters. The van der Waals surface area contributed by atoms with Crippen molar-refractivity contribution in [1.82, 2.24) is 10.2 Å². The lowest BCUT2D eigenvalue weighted by Gasteiger charge is -2.61. The van der Waals surface area contributed by atoms with Crippen LogP contribution in [0.15, 0.2) is 0 Å². The first-order chi connectivity index (χ1) is 18.8. The minimum atomic E-state index is -4.17. The Hall–Kier alpha value is -0.700. The van der Waals surface area contributed by atoms with Gasteiger partial charge in [0, 0.05) is 19.5 Å². The van der Waals surface area contributed by atoms with Crippen LogP contribution in [-0.2, 0) is 14.9 Å². The number of hydrogen-bond acceptors (Lipinski definition) is 5. The molecule has 4 fully saturated rings. The monoisotopic (exact) mass is 582 g/mol. The van der Waals surface area contributed by atoms with Crippen molar-refractivity contribution in [2.45, 2.75) is 117 Å². The van der Waals surface area contributed by atoms with E-state index in [0.29, 0.717) is 36.3 Å². The normalized spacial score (nSPS) is 37.3. The standard InChI is InChI=1S/C32H58N2O5S/c1-23(10-15-30(36)33-19-7-8-20-34(4)21-25(35)22-40(37,38)39)27-13-14-28-26-12-11-24-9-5-6-17-31(24,2)29(26)16-18-32(27,28)3/h23-29,35H,5-22H2,1-4H3,(H,33,36)(H,37,38,39)/t23-,24?,25?,26+,27-,28+,29+,31+,32-/m1/s1. The van der Waals surface area contributed by atoms with Gasteiger partial charge in [0.25, 0.3) is 10.1 Å². The molecule has 4 rings (SSSR count). The Morgan fingerprint density at radius 3 is 2.50 bits per heavy atom. The number of rotatable bonds is 13. The van der Waals surface area contributed by atoms with E-state index in [9.17, 15) is 18.3 Å². The van der Waals surface area contributed by atoms with Gasteiger partial charge in [-0.2, -0.15) is 8.42 Å². The number of likely N-dealkylation sites (N-methyl/N-ethyl adjacent to an activating group) is 1. The van der Waals surface area contributed by atoms with Gasteiger partial charge in [0.15, 0.2) is 0 Å². The van der Waals surface area contributed by atoms with E-state index < -0.39 is 22.0 Å². The molecule has 4 aliphatic rings. The second-order valence-electron chi connectivity index (χ2n) is 14.9. The number of aliphatic hydroxyl groups excluding tert-OH is 1. The van der Waals surface area contributed by atoms with Gasteiger partial charge in [-0.3, -0.25) is 9.35 Å². The molecule has 0 aromatic heterocycles. The number of hydrogen-bond donors (Lipinski definition) is 3. The maximum atomic E-state index is 12.6. The zero-order valence-corrected chi connectivity index (χ0v) is 26.6. The summed E-state index contributed by atoms with van der Waals surface area (Å²) in [5.41, 5.74) is 1.06. The molecule has 4 saturated carbocycles. The summed E-state index contributed by atoms with van der Waals surface area (Å²) in [5, 5.41) is 12.8. The first-order valence-corrected chi connectivity index (χ1v) is 18.0. The molecular formula is C32H58N2O5S. The van der Waals surface area contributed by atoms with Crippen LogP contribution in [0.4, 0.5) is 0 Å². The Bertz CT molecular complexity index is 959. The summed E-state index contributed by atoms with van der Waals surface area (Å²) in [7, 11) is -2.36. The first-order valence-electron chi connectivity index (χ1n) is 16.4. The molecule has 0 aliphatic heterocycles. The summed E-state index contributed by atoms with van der Waals surface area (Å²) in [6.45, 7) is 9.21. The molecule has 9 atom stereocenters. The van der Waals surface area contributed by atoms with Gasteiger partial charge in [0.2, 0.25) is 5.91 Å². The summed E-state index contributed by atoms with van der Waals surface area (Å²) in [4.78, 5) is 14.5.